The Morgan fingerprint density at radius 2 is 0.898 bits per heavy atom. The summed E-state index contributed by atoms with van der Waals surface area (Å²) in [5.74, 6) is -1.74. The maximum Gasteiger partial charge on any atom is 0.306 e. The van der Waals surface area contributed by atoms with Crippen molar-refractivity contribution in [1.82, 2.24) is 0 Å². The Hall–Kier alpha value is -2.71. The summed E-state index contributed by atoms with van der Waals surface area (Å²) >= 11 is 0. The Balaban J connectivity index is 4.24. The van der Waals surface area contributed by atoms with Gasteiger partial charge in [0.15, 0.2) is 6.10 Å². The molecule has 0 bridgehead atoms. The number of unbranched alkanes of at least 4 members (excludes halogenated alkanes) is 21. The van der Waals surface area contributed by atoms with Crippen molar-refractivity contribution in [3.8, 4) is 0 Å². The molecule has 0 aromatic rings. The molecule has 0 N–H and O–H groups in total. The van der Waals surface area contributed by atoms with Gasteiger partial charge >= 0.3 is 11.9 Å². The lowest BCUT2D eigenvalue weighted by molar-refractivity contribution is -0.889. The van der Waals surface area contributed by atoms with Gasteiger partial charge in [-0.3, -0.25) is 9.59 Å². The number of carbonyl (C=O) groups is 3. The van der Waals surface area contributed by atoms with Crippen LogP contribution in [0.5, 0.6) is 0 Å². The molecule has 0 saturated carbocycles. The number of allylic oxidation sites excluding steroid dienone is 8. The molecular weight excluding hydrogens is 739 g/mol. The van der Waals surface area contributed by atoms with Crippen LogP contribution in [0.1, 0.15) is 206 Å². The van der Waals surface area contributed by atoms with Crippen molar-refractivity contribution in [2.75, 3.05) is 41.0 Å². The number of likely N-dealkylation sites (N-methyl/N-ethyl adjacent to an activating group) is 1. The molecule has 0 saturated heterocycles. The highest BCUT2D eigenvalue weighted by Crippen LogP contribution is 2.15. The first-order valence-electron chi connectivity index (χ1n) is 24.2. The number of nitrogens with zero attached hydrogens (tertiary/aromatic N) is 1. The van der Waals surface area contributed by atoms with E-state index in [0.29, 0.717) is 12.8 Å². The molecule has 0 fully saturated rings. The number of rotatable bonds is 43. The largest absolute Gasteiger partial charge is 0.544 e. The molecule has 0 aliphatic carbocycles. The molecule has 0 rings (SSSR count). The number of hydrogen-bond acceptors (Lipinski definition) is 7. The van der Waals surface area contributed by atoms with Gasteiger partial charge in [0.25, 0.3) is 0 Å². The minimum Gasteiger partial charge on any atom is -0.544 e. The molecule has 2 atom stereocenters. The number of carboxylic acid groups (broad SMARTS) is 1. The van der Waals surface area contributed by atoms with Crippen LogP contribution in [0.25, 0.3) is 0 Å². The summed E-state index contributed by atoms with van der Waals surface area (Å²) in [6.45, 7) is 4.46. The third-order valence-corrected chi connectivity index (χ3v) is 10.7. The lowest BCUT2D eigenvalue weighted by atomic mass is 10.0. The molecule has 0 aromatic carbocycles. The van der Waals surface area contributed by atoms with Gasteiger partial charge in [0.2, 0.25) is 0 Å². The maximum absolute atomic E-state index is 12.8. The summed E-state index contributed by atoms with van der Waals surface area (Å²) in [4.78, 5) is 36.9. The molecule has 0 aliphatic rings. The number of ether oxygens (including phenoxy) is 3. The second-order valence-corrected chi connectivity index (χ2v) is 17.3. The molecule has 8 heteroatoms. The van der Waals surface area contributed by atoms with Crippen LogP contribution in [0, 0.1) is 0 Å². The van der Waals surface area contributed by atoms with Crippen molar-refractivity contribution in [3.05, 3.63) is 48.6 Å². The summed E-state index contributed by atoms with van der Waals surface area (Å²) in [6.07, 6.45) is 50.0. The zero-order valence-corrected chi connectivity index (χ0v) is 38.9. The predicted molar refractivity (Wildman–Crippen MR) is 245 cm³/mol. The fraction of sp³-hybridized carbons (Fsp3) is 0.784. The van der Waals surface area contributed by atoms with Crippen LogP contribution < -0.4 is 5.11 Å². The Kier molecular flexibility index (Phi) is 40.1. The van der Waals surface area contributed by atoms with Gasteiger partial charge in [-0.15, -0.1) is 0 Å². The van der Waals surface area contributed by atoms with Crippen molar-refractivity contribution < 1.29 is 38.2 Å². The Labute approximate surface area is 363 Å². The lowest BCUT2D eigenvalue weighted by Gasteiger charge is -2.34. The zero-order valence-electron chi connectivity index (χ0n) is 38.9. The molecule has 0 aliphatic heterocycles. The summed E-state index contributed by atoms with van der Waals surface area (Å²) in [5, 5.41) is 11.6. The SMILES string of the molecule is CC/C=C/C/C=C/CCCCCCCCCCCCCCCCC(=O)OC(COCCC(C(=O)[O-])[N+](C)(C)C)COC(=O)CCCCCCCCC/C=C/C/C=C/CC. The molecule has 2 unspecified atom stereocenters. The average molecular weight is 830 g/mol. The zero-order chi connectivity index (χ0) is 43.5. The number of carboxylic acids is 1. The van der Waals surface area contributed by atoms with Crippen molar-refractivity contribution in [3.63, 3.8) is 0 Å². The number of aliphatic carboxylic acids is 1. The first-order valence-corrected chi connectivity index (χ1v) is 24.2. The number of carbonyl (C=O) groups excluding carboxylic acids is 3. The highest BCUT2D eigenvalue weighted by molar-refractivity contribution is 5.70. The molecule has 0 amide bonds. The van der Waals surface area contributed by atoms with E-state index in [1.54, 1.807) is 21.1 Å². The van der Waals surface area contributed by atoms with Gasteiger partial charge in [-0.2, -0.15) is 0 Å². The van der Waals surface area contributed by atoms with Gasteiger partial charge in [0.05, 0.1) is 40.3 Å². The summed E-state index contributed by atoms with van der Waals surface area (Å²) in [5.41, 5.74) is 0. The van der Waals surface area contributed by atoms with E-state index in [1.165, 1.54) is 103 Å². The third kappa shape index (κ3) is 40.5. The van der Waals surface area contributed by atoms with Crippen molar-refractivity contribution in [1.29, 1.82) is 0 Å². The van der Waals surface area contributed by atoms with Gasteiger partial charge in [-0.05, 0) is 64.2 Å². The second-order valence-electron chi connectivity index (χ2n) is 17.3. The fourth-order valence-electron chi connectivity index (χ4n) is 7.03. The molecule has 0 radical (unpaired) electrons. The second kappa shape index (κ2) is 42.0. The Bertz CT molecular complexity index is 1110. The normalized spacial score (nSPS) is 13.3. The van der Waals surface area contributed by atoms with E-state index in [1.807, 2.05) is 0 Å². The minimum atomic E-state index is -1.13. The van der Waals surface area contributed by atoms with Crippen LogP contribution in [0.4, 0.5) is 0 Å². The quantitative estimate of drug-likeness (QED) is 0.0261. The third-order valence-electron chi connectivity index (χ3n) is 10.7. The monoisotopic (exact) mass is 830 g/mol. The standard InChI is InChI=1S/C51H91NO7/c1-6-8-10-12-14-16-18-20-22-23-24-25-26-27-28-30-32-34-36-38-40-42-50(54)59-47(45-57-44-43-48(51(55)56)52(3,4)5)46-58-49(53)41-39-37-35-33-31-29-21-19-17-15-13-11-9-7-2/h8-11,14-17,47-48H,6-7,12-13,18-46H2,1-5H3/b10-8+,11-9+,16-14+,17-15+. The number of quaternary nitrogens is 1. The van der Waals surface area contributed by atoms with Gasteiger partial charge in [0.1, 0.15) is 12.6 Å². The van der Waals surface area contributed by atoms with E-state index >= 15 is 0 Å². The highest BCUT2D eigenvalue weighted by Gasteiger charge is 2.25. The van der Waals surface area contributed by atoms with Gasteiger partial charge in [0, 0.05) is 19.3 Å². The van der Waals surface area contributed by atoms with E-state index in [9.17, 15) is 19.5 Å². The predicted octanol–water partition coefficient (Wildman–Crippen LogP) is 12.3. The minimum absolute atomic E-state index is 0.0388. The fourth-order valence-corrected chi connectivity index (χ4v) is 7.03. The van der Waals surface area contributed by atoms with Gasteiger partial charge < -0.3 is 28.6 Å². The van der Waals surface area contributed by atoms with Crippen LogP contribution in [-0.4, -0.2) is 75.5 Å². The number of hydrogen-bond donors (Lipinski definition) is 0. The van der Waals surface area contributed by atoms with Crippen molar-refractivity contribution in [2.24, 2.45) is 0 Å². The van der Waals surface area contributed by atoms with E-state index < -0.39 is 18.1 Å². The molecular formula is C51H91NO7. The Morgan fingerprint density at radius 3 is 1.31 bits per heavy atom. The van der Waals surface area contributed by atoms with E-state index in [-0.39, 0.29) is 42.7 Å². The summed E-state index contributed by atoms with van der Waals surface area (Å²) in [6, 6.07) is -0.727. The van der Waals surface area contributed by atoms with Crippen LogP contribution in [0.3, 0.4) is 0 Å². The molecule has 342 valence electrons. The number of esters is 2. The van der Waals surface area contributed by atoms with Crippen LogP contribution >= 0.6 is 0 Å². The topological polar surface area (TPSA) is 102 Å². The van der Waals surface area contributed by atoms with Gasteiger partial charge in [-0.1, -0.05) is 172 Å². The molecule has 0 heterocycles. The molecule has 0 spiro atoms. The van der Waals surface area contributed by atoms with E-state index in [0.717, 1.165) is 70.6 Å². The lowest BCUT2D eigenvalue weighted by Crippen LogP contribution is -2.55. The average Bonchev–Trinajstić information content (AvgIpc) is 3.19. The van der Waals surface area contributed by atoms with E-state index in [2.05, 4.69) is 62.5 Å². The summed E-state index contributed by atoms with van der Waals surface area (Å²) < 4.78 is 17.2. The van der Waals surface area contributed by atoms with Crippen LogP contribution in [-0.2, 0) is 28.6 Å². The molecule has 59 heavy (non-hydrogen) atoms. The maximum atomic E-state index is 12.8. The Morgan fingerprint density at radius 1 is 0.508 bits per heavy atom. The van der Waals surface area contributed by atoms with Crippen LogP contribution in [0.2, 0.25) is 0 Å². The molecule has 0 aromatic heterocycles. The van der Waals surface area contributed by atoms with E-state index in [4.69, 9.17) is 14.2 Å². The highest BCUT2D eigenvalue weighted by atomic mass is 16.6. The summed E-state index contributed by atoms with van der Waals surface area (Å²) in [7, 11) is 5.41. The van der Waals surface area contributed by atoms with Crippen molar-refractivity contribution in [2.45, 2.75) is 219 Å². The smallest absolute Gasteiger partial charge is 0.306 e. The van der Waals surface area contributed by atoms with Crippen molar-refractivity contribution >= 4 is 17.9 Å². The first-order chi connectivity index (χ1) is 28.6. The first kappa shape index (κ1) is 56.3. The van der Waals surface area contributed by atoms with Crippen LogP contribution in [0.15, 0.2) is 48.6 Å². The van der Waals surface area contributed by atoms with Gasteiger partial charge in [-0.25, -0.2) is 0 Å². The molecule has 8 nitrogen and oxygen atoms in total.